The number of hydrogen-bond donors (Lipinski definition) is 0. The summed E-state index contributed by atoms with van der Waals surface area (Å²) in [4.78, 5) is 15.2. The molecular weight excluding hydrogens is 454 g/mol. The van der Waals surface area contributed by atoms with E-state index in [0.29, 0.717) is 6.42 Å². The summed E-state index contributed by atoms with van der Waals surface area (Å²) in [6.45, 7) is 8.07. The number of ether oxygens (including phenoxy) is 1. The third-order valence-electron chi connectivity index (χ3n) is 8.81. The number of likely N-dealkylation sites (tertiary alicyclic amines) is 1. The highest BCUT2D eigenvalue weighted by Gasteiger charge is 2.26. The maximum absolute atomic E-state index is 12.5. The summed E-state index contributed by atoms with van der Waals surface area (Å²) in [7, 11) is 2.37. The molecule has 220 valence electrons. The van der Waals surface area contributed by atoms with Gasteiger partial charge in [-0.25, -0.2) is 0 Å². The second kappa shape index (κ2) is 24.5. The van der Waals surface area contributed by atoms with E-state index in [0.717, 1.165) is 31.2 Å². The molecule has 1 fully saturated rings. The van der Waals surface area contributed by atoms with Crippen molar-refractivity contribution < 1.29 is 9.53 Å². The molecule has 1 rings (SSSR count). The first-order valence-electron chi connectivity index (χ1n) is 17.0. The summed E-state index contributed by atoms with van der Waals surface area (Å²) in [5.41, 5.74) is 0. The van der Waals surface area contributed by atoms with Crippen LogP contribution >= 0.6 is 0 Å². The first-order valence-corrected chi connectivity index (χ1v) is 17.0. The van der Waals surface area contributed by atoms with Crippen LogP contribution in [0.2, 0.25) is 0 Å². The van der Waals surface area contributed by atoms with Gasteiger partial charge in [0.05, 0.1) is 0 Å². The summed E-state index contributed by atoms with van der Waals surface area (Å²) in [5, 5.41) is 0. The third kappa shape index (κ3) is 18.4. The Hall–Kier alpha value is -0.570. The lowest BCUT2D eigenvalue weighted by molar-refractivity contribution is -0.150. The predicted molar refractivity (Wildman–Crippen MR) is 162 cm³/mol. The van der Waals surface area contributed by atoms with Crippen molar-refractivity contribution in [3.05, 3.63) is 0 Å². The van der Waals surface area contributed by atoms with Crippen molar-refractivity contribution in [3.63, 3.8) is 0 Å². The number of esters is 1. The van der Waals surface area contributed by atoms with Crippen LogP contribution in [-0.4, -0.2) is 36.6 Å². The van der Waals surface area contributed by atoms with Crippen LogP contribution in [0, 0.1) is 5.92 Å². The van der Waals surface area contributed by atoms with Gasteiger partial charge in [0.25, 0.3) is 0 Å². The van der Waals surface area contributed by atoms with Crippen molar-refractivity contribution >= 4 is 5.97 Å². The molecule has 0 radical (unpaired) electrons. The highest BCUT2D eigenvalue weighted by molar-refractivity contribution is 5.69. The lowest BCUT2D eigenvalue weighted by Crippen LogP contribution is -2.41. The standard InChI is InChI=1S/C34H67NO2/c1-5-8-11-13-14-15-18-24-31(33-28-22-23-30-35(33)4)25-19-16-17-21-29-34(36)37-32(26-10-7-3)27-20-12-9-6-2/h31-33H,5-30H2,1-4H3. The van der Waals surface area contributed by atoms with Crippen LogP contribution in [0.25, 0.3) is 0 Å². The summed E-state index contributed by atoms with van der Waals surface area (Å²) >= 11 is 0. The van der Waals surface area contributed by atoms with E-state index in [1.165, 1.54) is 141 Å². The van der Waals surface area contributed by atoms with Crippen LogP contribution in [0.3, 0.4) is 0 Å². The Kier molecular flexibility index (Phi) is 22.8. The topological polar surface area (TPSA) is 29.5 Å². The van der Waals surface area contributed by atoms with Crippen LogP contribution in [0.5, 0.6) is 0 Å². The van der Waals surface area contributed by atoms with E-state index in [1.54, 1.807) is 0 Å². The Morgan fingerprint density at radius 1 is 0.676 bits per heavy atom. The molecule has 0 spiro atoms. The Morgan fingerprint density at radius 2 is 1.19 bits per heavy atom. The lowest BCUT2D eigenvalue weighted by Gasteiger charge is -2.38. The molecule has 1 aliphatic heterocycles. The van der Waals surface area contributed by atoms with Crippen LogP contribution in [0.4, 0.5) is 0 Å². The number of hydrogen-bond acceptors (Lipinski definition) is 3. The Bertz CT molecular complexity index is 508. The van der Waals surface area contributed by atoms with E-state index in [4.69, 9.17) is 4.74 Å². The number of carbonyl (C=O) groups excluding carboxylic acids is 1. The molecule has 37 heavy (non-hydrogen) atoms. The Morgan fingerprint density at radius 3 is 1.81 bits per heavy atom. The molecule has 0 aliphatic carbocycles. The Labute approximate surface area is 233 Å². The van der Waals surface area contributed by atoms with E-state index in [1.807, 2.05) is 0 Å². The average Bonchev–Trinajstić information content (AvgIpc) is 2.90. The molecule has 0 amide bonds. The maximum Gasteiger partial charge on any atom is 0.306 e. The van der Waals surface area contributed by atoms with Crippen molar-refractivity contribution in [2.75, 3.05) is 13.6 Å². The zero-order chi connectivity index (χ0) is 27.0. The fraction of sp³-hybridized carbons (Fsp3) is 0.971. The minimum atomic E-state index is 0.0530. The molecule has 0 saturated carbocycles. The molecule has 0 aromatic rings. The van der Waals surface area contributed by atoms with Crippen molar-refractivity contribution in [3.8, 4) is 0 Å². The fourth-order valence-electron chi connectivity index (χ4n) is 6.36. The van der Waals surface area contributed by atoms with Gasteiger partial charge in [-0.3, -0.25) is 4.79 Å². The number of unbranched alkanes of at least 4 members (excludes halogenated alkanes) is 13. The predicted octanol–water partition coefficient (Wildman–Crippen LogP) is 10.6. The molecule has 3 heteroatoms. The first kappa shape index (κ1) is 34.5. The van der Waals surface area contributed by atoms with Crippen molar-refractivity contribution in [1.29, 1.82) is 0 Å². The summed E-state index contributed by atoms with van der Waals surface area (Å²) in [5.74, 6) is 0.926. The van der Waals surface area contributed by atoms with Gasteiger partial charge in [0.2, 0.25) is 0 Å². The van der Waals surface area contributed by atoms with E-state index in [2.05, 4.69) is 32.7 Å². The summed E-state index contributed by atoms with van der Waals surface area (Å²) in [6.07, 6.45) is 31.9. The van der Waals surface area contributed by atoms with E-state index < -0.39 is 0 Å². The lowest BCUT2D eigenvalue weighted by atomic mass is 9.83. The molecule has 0 aromatic carbocycles. The molecule has 3 nitrogen and oxygen atoms in total. The number of piperidine rings is 1. The van der Waals surface area contributed by atoms with Gasteiger partial charge in [0.15, 0.2) is 0 Å². The monoisotopic (exact) mass is 522 g/mol. The number of rotatable bonds is 25. The van der Waals surface area contributed by atoms with E-state index >= 15 is 0 Å². The molecule has 3 unspecified atom stereocenters. The van der Waals surface area contributed by atoms with Crippen molar-refractivity contribution in [2.45, 2.75) is 193 Å². The molecule has 1 heterocycles. The van der Waals surface area contributed by atoms with Gasteiger partial charge in [-0.15, -0.1) is 0 Å². The van der Waals surface area contributed by atoms with E-state index in [-0.39, 0.29) is 12.1 Å². The van der Waals surface area contributed by atoms with Gasteiger partial charge in [0, 0.05) is 12.5 Å². The van der Waals surface area contributed by atoms with Crippen LogP contribution < -0.4 is 0 Å². The average molecular weight is 522 g/mol. The van der Waals surface area contributed by atoms with Crippen LogP contribution in [0.15, 0.2) is 0 Å². The second-order valence-corrected chi connectivity index (χ2v) is 12.3. The van der Waals surface area contributed by atoms with Crippen molar-refractivity contribution in [2.24, 2.45) is 5.92 Å². The normalized spacial score (nSPS) is 18.1. The second-order valence-electron chi connectivity index (χ2n) is 12.3. The smallest absolute Gasteiger partial charge is 0.306 e. The molecule has 3 atom stereocenters. The SMILES string of the molecule is CCCCCCCCCC(CCCCCCC(=O)OC(CCCC)CCCCCC)C1CCCCN1C. The van der Waals surface area contributed by atoms with Gasteiger partial charge in [-0.05, 0) is 70.9 Å². The Balaban J connectivity index is 2.28. The largest absolute Gasteiger partial charge is 0.462 e. The first-order chi connectivity index (χ1) is 18.1. The summed E-state index contributed by atoms with van der Waals surface area (Å²) in [6, 6.07) is 0.807. The van der Waals surface area contributed by atoms with Crippen LogP contribution in [0.1, 0.15) is 181 Å². The molecular formula is C34H67NO2. The molecule has 0 aromatic heterocycles. The number of carbonyl (C=O) groups is 1. The van der Waals surface area contributed by atoms with Gasteiger partial charge in [-0.2, -0.15) is 0 Å². The van der Waals surface area contributed by atoms with Gasteiger partial charge >= 0.3 is 5.97 Å². The highest BCUT2D eigenvalue weighted by atomic mass is 16.5. The minimum Gasteiger partial charge on any atom is -0.462 e. The van der Waals surface area contributed by atoms with Crippen LogP contribution in [-0.2, 0) is 9.53 Å². The van der Waals surface area contributed by atoms with Gasteiger partial charge in [0.1, 0.15) is 6.10 Å². The summed E-state index contributed by atoms with van der Waals surface area (Å²) < 4.78 is 5.91. The van der Waals surface area contributed by atoms with Gasteiger partial charge in [-0.1, -0.05) is 124 Å². The fourth-order valence-corrected chi connectivity index (χ4v) is 6.36. The molecule has 0 bridgehead atoms. The molecule has 1 saturated heterocycles. The zero-order valence-corrected chi connectivity index (χ0v) is 25.9. The van der Waals surface area contributed by atoms with Gasteiger partial charge < -0.3 is 9.64 Å². The van der Waals surface area contributed by atoms with Crippen molar-refractivity contribution in [1.82, 2.24) is 4.90 Å². The van der Waals surface area contributed by atoms with E-state index in [9.17, 15) is 4.79 Å². The minimum absolute atomic E-state index is 0.0530. The molecule has 1 aliphatic rings. The highest BCUT2D eigenvalue weighted by Crippen LogP contribution is 2.30. The molecule has 0 N–H and O–H groups in total. The maximum atomic E-state index is 12.5. The zero-order valence-electron chi connectivity index (χ0n) is 25.9. The third-order valence-corrected chi connectivity index (χ3v) is 8.81. The quantitative estimate of drug-likeness (QED) is 0.0883. The number of nitrogens with zero attached hydrogens (tertiary/aromatic N) is 1.